The number of amides is 1. The highest BCUT2D eigenvalue weighted by molar-refractivity contribution is 5.93. The van der Waals surface area contributed by atoms with Crippen LogP contribution in [0.4, 0.5) is 5.69 Å². The fourth-order valence-electron chi connectivity index (χ4n) is 1.91. The highest BCUT2D eigenvalue weighted by Crippen LogP contribution is 2.25. The molecule has 0 spiro atoms. The molecule has 0 saturated carbocycles. The molecule has 3 nitrogen and oxygen atoms in total. The normalized spacial score (nSPS) is 10.2. The Hall–Kier alpha value is -2.29. The topological polar surface area (TPSA) is 49.3 Å². The Kier molecular flexibility index (Phi) is 3.85. The fourth-order valence-corrected chi connectivity index (χ4v) is 1.91. The summed E-state index contributed by atoms with van der Waals surface area (Å²) in [6, 6.07) is 13.1. The molecule has 0 aliphatic rings. The lowest BCUT2D eigenvalue weighted by Crippen LogP contribution is -2.15. The van der Waals surface area contributed by atoms with Crippen LogP contribution in [0, 0.1) is 13.8 Å². The number of hydrogen-bond donors (Lipinski definition) is 2. The van der Waals surface area contributed by atoms with E-state index in [-0.39, 0.29) is 11.7 Å². The van der Waals surface area contributed by atoms with E-state index >= 15 is 0 Å². The van der Waals surface area contributed by atoms with Gasteiger partial charge in [-0.2, -0.15) is 0 Å². The van der Waals surface area contributed by atoms with Gasteiger partial charge in [-0.3, -0.25) is 4.79 Å². The number of benzene rings is 2. The zero-order chi connectivity index (χ0) is 13.8. The molecule has 2 aromatic rings. The molecule has 0 radical (unpaired) electrons. The van der Waals surface area contributed by atoms with Gasteiger partial charge in [0.25, 0.3) is 0 Å². The first-order valence-corrected chi connectivity index (χ1v) is 6.20. The average molecular weight is 255 g/mol. The number of rotatable bonds is 3. The molecule has 19 heavy (non-hydrogen) atoms. The predicted molar refractivity (Wildman–Crippen MR) is 76.4 cm³/mol. The lowest BCUT2D eigenvalue weighted by atomic mass is 10.1. The second-order valence-corrected chi connectivity index (χ2v) is 4.66. The van der Waals surface area contributed by atoms with E-state index in [1.807, 2.05) is 44.2 Å². The van der Waals surface area contributed by atoms with E-state index in [2.05, 4.69) is 5.32 Å². The van der Waals surface area contributed by atoms with E-state index in [1.54, 1.807) is 12.1 Å². The molecule has 3 heteroatoms. The Morgan fingerprint density at radius 1 is 1.11 bits per heavy atom. The summed E-state index contributed by atoms with van der Waals surface area (Å²) in [7, 11) is 0. The number of hydrogen-bond acceptors (Lipinski definition) is 2. The van der Waals surface area contributed by atoms with Crippen molar-refractivity contribution in [2.45, 2.75) is 20.3 Å². The van der Waals surface area contributed by atoms with Crippen LogP contribution in [0.25, 0.3) is 0 Å². The van der Waals surface area contributed by atoms with Gasteiger partial charge in [0.15, 0.2) is 0 Å². The van der Waals surface area contributed by atoms with Crippen molar-refractivity contribution in [3.05, 3.63) is 59.2 Å². The molecule has 0 aliphatic carbocycles. The highest BCUT2D eigenvalue weighted by atomic mass is 16.3. The first kappa shape index (κ1) is 13.1. The van der Waals surface area contributed by atoms with Crippen LogP contribution in [-0.4, -0.2) is 11.0 Å². The second kappa shape index (κ2) is 5.57. The minimum atomic E-state index is -0.0561. The first-order chi connectivity index (χ1) is 9.06. The molecule has 0 fully saturated rings. The van der Waals surface area contributed by atoms with E-state index in [0.29, 0.717) is 6.42 Å². The maximum atomic E-state index is 12.0. The van der Waals surface area contributed by atoms with Gasteiger partial charge in [-0.1, -0.05) is 30.3 Å². The van der Waals surface area contributed by atoms with Gasteiger partial charge < -0.3 is 10.4 Å². The van der Waals surface area contributed by atoms with Crippen molar-refractivity contribution in [2.75, 3.05) is 5.32 Å². The maximum Gasteiger partial charge on any atom is 0.228 e. The summed E-state index contributed by atoms with van der Waals surface area (Å²) in [5.41, 5.74) is 3.33. The standard InChI is InChI=1S/C16H17NO2/c1-11-9-15(18)12(2)8-14(11)17-16(19)10-13-6-4-3-5-7-13/h3-9,18H,10H2,1-2H3,(H,17,19). The van der Waals surface area contributed by atoms with E-state index in [0.717, 1.165) is 22.4 Å². The van der Waals surface area contributed by atoms with E-state index < -0.39 is 0 Å². The molecule has 0 bridgehead atoms. The summed E-state index contributed by atoms with van der Waals surface area (Å²) in [6.45, 7) is 3.67. The van der Waals surface area contributed by atoms with Crippen molar-refractivity contribution < 1.29 is 9.90 Å². The van der Waals surface area contributed by atoms with Crippen LogP contribution in [0.2, 0.25) is 0 Å². The molecule has 98 valence electrons. The SMILES string of the molecule is Cc1cc(NC(=O)Cc2ccccc2)c(C)cc1O. The number of nitrogens with one attached hydrogen (secondary N) is 1. The van der Waals surface area contributed by atoms with Gasteiger partial charge >= 0.3 is 0 Å². The summed E-state index contributed by atoms with van der Waals surface area (Å²) in [5.74, 6) is 0.193. The molecule has 0 aromatic heterocycles. The number of aryl methyl sites for hydroxylation is 2. The van der Waals surface area contributed by atoms with Crippen LogP contribution >= 0.6 is 0 Å². The van der Waals surface area contributed by atoms with Gasteiger partial charge in [0.05, 0.1) is 6.42 Å². The lowest BCUT2D eigenvalue weighted by molar-refractivity contribution is -0.115. The zero-order valence-corrected chi connectivity index (χ0v) is 11.1. The molecule has 0 aliphatic heterocycles. The van der Waals surface area contributed by atoms with Crippen LogP contribution in [0.5, 0.6) is 5.75 Å². The van der Waals surface area contributed by atoms with Gasteiger partial charge in [-0.15, -0.1) is 0 Å². The lowest BCUT2D eigenvalue weighted by Gasteiger charge is -2.10. The molecule has 2 rings (SSSR count). The summed E-state index contributed by atoms with van der Waals surface area (Å²) in [6.07, 6.45) is 0.347. The van der Waals surface area contributed by atoms with Crippen molar-refractivity contribution in [1.29, 1.82) is 0 Å². The van der Waals surface area contributed by atoms with Crippen LogP contribution in [0.15, 0.2) is 42.5 Å². The number of aromatic hydroxyl groups is 1. The smallest absolute Gasteiger partial charge is 0.228 e. The second-order valence-electron chi connectivity index (χ2n) is 4.66. The van der Waals surface area contributed by atoms with Crippen LogP contribution < -0.4 is 5.32 Å². The van der Waals surface area contributed by atoms with Crippen LogP contribution in [-0.2, 0) is 11.2 Å². The molecular weight excluding hydrogens is 238 g/mol. The molecule has 2 aromatic carbocycles. The number of phenols is 1. The Morgan fingerprint density at radius 2 is 1.79 bits per heavy atom. The number of phenolic OH excluding ortho intramolecular Hbond substituents is 1. The highest BCUT2D eigenvalue weighted by Gasteiger charge is 2.08. The quantitative estimate of drug-likeness (QED) is 0.827. The first-order valence-electron chi connectivity index (χ1n) is 6.20. The summed E-state index contributed by atoms with van der Waals surface area (Å²) < 4.78 is 0. The third kappa shape index (κ3) is 3.35. The van der Waals surface area contributed by atoms with Gasteiger partial charge in [0.2, 0.25) is 5.91 Å². The summed E-state index contributed by atoms with van der Waals surface area (Å²) in [4.78, 5) is 12.0. The van der Waals surface area contributed by atoms with Crippen molar-refractivity contribution in [3.8, 4) is 5.75 Å². The van der Waals surface area contributed by atoms with E-state index in [4.69, 9.17) is 0 Å². The Bertz CT molecular complexity index is 591. The van der Waals surface area contributed by atoms with E-state index in [1.165, 1.54) is 0 Å². The molecule has 0 unspecified atom stereocenters. The molecule has 0 atom stereocenters. The fraction of sp³-hybridized carbons (Fsp3) is 0.188. The molecule has 2 N–H and O–H groups in total. The van der Waals surface area contributed by atoms with Crippen LogP contribution in [0.1, 0.15) is 16.7 Å². The minimum Gasteiger partial charge on any atom is -0.508 e. The van der Waals surface area contributed by atoms with Crippen molar-refractivity contribution in [3.63, 3.8) is 0 Å². The van der Waals surface area contributed by atoms with Crippen LogP contribution in [0.3, 0.4) is 0 Å². The predicted octanol–water partition coefficient (Wildman–Crippen LogP) is 3.19. The Labute approximate surface area is 112 Å². The monoisotopic (exact) mass is 255 g/mol. The summed E-state index contributed by atoms with van der Waals surface area (Å²) in [5, 5.41) is 12.5. The maximum absolute atomic E-state index is 12.0. The minimum absolute atomic E-state index is 0.0561. The van der Waals surface area contributed by atoms with E-state index in [9.17, 15) is 9.90 Å². The van der Waals surface area contributed by atoms with Gasteiger partial charge in [0.1, 0.15) is 5.75 Å². The molecular formula is C16H17NO2. The Morgan fingerprint density at radius 3 is 2.47 bits per heavy atom. The van der Waals surface area contributed by atoms with Crippen molar-refractivity contribution in [1.82, 2.24) is 0 Å². The molecule has 1 amide bonds. The van der Waals surface area contributed by atoms with Gasteiger partial charge in [-0.05, 0) is 42.7 Å². The zero-order valence-electron chi connectivity index (χ0n) is 11.1. The summed E-state index contributed by atoms with van der Waals surface area (Å²) >= 11 is 0. The number of carbonyl (C=O) groups is 1. The van der Waals surface area contributed by atoms with Gasteiger partial charge in [0, 0.05) is 5.69 Å². The average Bonchev–Trinajstić information content (AvgIpc) is 2.37. The van der Waals surface area contributed by atoms with Crippen molar-refractivity contribution >= 4 is 11.6 Å². The van der Waals surface area contributed by atoms with Crippen molar-refractivity contribution in [2.24, 2.45) is 0 Å². The molecule has 0 heterocycles. The molecule has 0 saturated heterocycles. The number of carbonyl (C=O) groups excluding carboxylic acids is 1. The third-order valence-electron chi connectivity index (χ3n) is 3.02. The number of anilines is 1. The largest absolute Gasteiger partial charge is 0.508 e. The van der Waals surface area contributed by atoms with Gasteiger partial charge in [-0.25, -0.2) is 0 Å². The Balaban J connectivity index is 2.09. The third-order valence-corrected chi connectivity index (χ3v) is 3.02.